The van der Waals surface area contributed by atoms with Gasteiger partial charge in [0.05, 0.1) is 10.9 Å². The molecule has 12 heteroatoms. The minimum absolute atomic E-state index is 0.0935. The van der Waals surface area contributed by atoms with Crippen molar-refractivity contribution in [2.45, 2.75) is 38.3 Å². The van der Waals surface area contributed by atoms with Crippen LogP contribution in [0.4, 0.5) is 0 Å². The average Bonchev–Trinajstić information content (AvgIpc) is 3.73. The lowest BCUT2D eigenvalue weighted by Gasteiger charge is -2.34. The zero-order valence-corrected chi connectivity index (χ0v) is 23.9. The predicted octanol–water partition coefficient (Wildman–Crippen LogP) is 3.93. The van der Waals surface area contributed by atoms with E-state index >= 15 is 0 Å². The van der Waals surface area contributed by atoms with E-state index < -0.39 is 0 Å². The van der Waals surface area contributed by atoms with E-state index in [-0.39, 0.29) is 30.2 Å². The quantitative estimate of drug-likeness (QED) is 0.339. The number of rotatable bonds is 5. The Balaban J connectivity index is 1.10. The molecule has 41 heavy (non-hydrogen) atoms. The molecule has 4 aromatic rings. The molecule has 7 rings (SSSR count). The highest BCUT2D eigenvalue weighted by atomic mass is 32.1. The summed E-state index contributed by atoms with van der Waals surface area (Å²) in [5, 5.41) is 3.50. The van der Waals surface area contributed by atoms with Crippen LogP contribution in [0.25, 0.3) is 16.6 Å². The summed E-state index contributed by atoms with van der Waals surface area (Å²) in [5.41, 5.74) is 2.20. The molecule has 10 nitrogen and oxygen atoms in total. The van der Waals surface area contributed by atoms with Crippen LogP contribution in [-0.2, 0) is 6.54 Å². The van der Waals surface area contributed by atoms with E-state index in [9.17, 15) is 14.4 Å². The maximum Gasteiger partial charge on any atom is 0.265 e. The molecule has 3 aliphatic rings. The Morgan fingerprint density at radius 1 is 1.02 bits per heavy atom. The second-order valence-corrected chi connectivity index (χ2v) is 12.4. The fraction of sp³-hybridized carbons (Fsp3) is 0.379. The second kappa shape index (κ2) is 10.6. The lowest BCUT2D eigenvalue weighted by atomic mass is 10.1. The summed E-state index contributed by atoms with van der Waals surface area (Å²) in [4.78, 5) is 47.0. The molecule has 0 spiro atoms. The van der Waals surface area contributed by atoms with Crippen LogP contribution in [0.1, 0.15) is 51.3 Å². The third-order valence-corrected chi connectivity index (χ3v) is 9.54. The summed E-state index contributed by atoms with van der Waals surface area (Å²) in [5.74, 6) is 1.22. The van der Waals surface area contributed by atoms with E-state index in [2.05, 4.69) is 15.2 Å². The highest BCUT2D eigenvalue weighted by molar-refractivity contribution is 7.73. The van der Waals surface area contributed by atoms with Crippen molar-refractivity contribution in [1.29, 1.82) is 0 Å². The van der Waals surface area contributed by atoms with E-state index in [1.807, 2.05) is 23.1 Å². The van der Waals surface area contributed by atoms with Crippen LogP contribution in [-0.4, -0.2) is 70.0 Å². The van der Waals surface area contributed by atoms with E-state index in [1.54, 1.807) is 22.6 Å². The summed E-state index contributed by atoms with van der Waals surface area (Å²) in [6, 6.07) is 11.2. The number of hydrogen-bond acceptors (Lipinski definition) is 8. The van der Waals surface area contributed by atoms with Crippen molar-refractivity contribution in [3.8, 4) is 11.5 Å². The predicted molar refractivity (Wildman–Crippen MR) is 158 cm³/mol. The van der Waals surface area contributed by atoms with E-state index in [1.165, 1.54) is 11.3 Å². The SMILES string of the molecule is O=C(NC1CCCC1)c1sc(=S)n2c1[nH]c(=O)c1ccc(C(=O)N3CCN(Cc4ccc5c(c4)OCO5)CC3)cc12. The Labute approximate surface area is 244 Å². The number of benzene rings is 2. The topological polar surface area (TPSA) is 108 Å². The van der Waals surface area contributed by atoms with Gasteiger partial charge >= 0.3 is 0 Å². The Kier molecular flexibility index (Phi) is 6.76. The average molecular weight is 592 g/mol. The van der Waals surface area contributed by atoms with Crippen LogP contribution >= 0.6 is 23.6 Å². The van der Waals surface area contributed by atoms with Gasteiger partial charge in [-0.25, -0.2) is 0 Å². The molecule has 212 valence electrons. The van der Waals surface area contributed by atoms with Crippen LogP contribution in [0, 0.1) is 3.95 Å². The number of nitrogens with zero attached hydrogens (tertiary/aromatic N) is 3. The second-order valence-electron chi connectivity index (χ2n) is 10.8. The first kappa shape index (κ1) is 26.2. The summed E-state index contributed by atoms with van der Waals surface area (Å²) in [6.07, 6.45) is 4.12. The minimum Gasteiger partial charge on any atom is -0.454 e. The maximum absolute atomic E-state index is 13.5. The van der Waals surface area contributed by atoms with Crippen molar-refractivity contribution in [3.05, 3.63) is 66.7 Å². The largest absolute Gasteiger partial charge is 0.454 e. The number of ether oxygens (including phenoxy) is 2. The zero-order chi connectivity index (χ0) is 28.1. The van der Waals surface area contributed by atoms with Crippen LogP contribution in [0.15, 0.2) is 41.2 Å². The summed E-state index contributed by atoms with van der Waals surface area (Å²) in [6.45, 7) is 3.69. The molecule has 0 unspecified atom stereocenters. The first-order valence-corrected chi connectivity index (χ1v) is 15.1. The first-order valence-electron chi connectivity index (χ1n) is 13.9. The van der Waals surface area contributed by atoms with Gasteiger partial charge in [0, 0.05) is 44.3 Å². The number of H-pyrrole nitrogens is 1. The number of aromatic nitrogens is 2. The number of fused-ring (bicyclic) bond motifs is 4. The molecule has 1 saturated carbocycles. The molecule has 2 aromatic heterocycles. The van der Waals surface area contributed by atoms with Crippen molar-refractivity contribution < 1.29 is 19.1 Å². The van der Waals surface area contributed by atoms with Crippen molar-refractivity contribution >= 4 is 51.9 Å². The van der Waals surface area contributed by atoms with Gasteiger partial charge in [-0.2, -0.15) is 0 Å². The summed E-state index contributed by atoms with van der Waals surface area (Å²) >= 11 is 6.81. The maximum atomic E-state index is 13.5. The third-order valence-electron chi connectivity index (χ3n) is 8.17. The molecule has 0 atom stereocenters. The van der Waals surface area contributed by atoms with Gasteiger partial charge in [-0.15, -0.1) is 0 Å². The monoisotopic (exact) mass is 591 g/mol. The summed E-state index contributed by atoms with van der Waals surface area (Å²) < 4.78 is 13.0. The number of piperazine rings is 1. The molecule has 0 bridgehead atoms. The molecular formula is C29H29N5O5S2. The Hall–Kier alpha value is -3.74. The van der Waals surface area contributed by atoms with Gasteiger partial charge in [0.2, 0.25) is 6.79 Å². The molecule has 2 aromatic carbocycles. The minimum atomic E-state index is -0.321. The molecule has 1 aliphatic carbocycles. The van der Waals surface area contributed by atoms with Gasteiger partial charge < -0.3 is 24.7 Å². The highest BCUT2D eigenvalue weighted by Gasteiger charge is 2.25. The fourth-order valence-electron chi connectivity index (χ4n) is 5.99. The van der Waals surface area contributed by atoms with E-state index in [0.29, 0.717) is 44.0 Å². The number of hydrogen-bond donors (Lipinski definition) is 2. The van der Waals surface area contributed by atoms with E-state index in [4.69, 9.17) is 21.7 Å². The lowest BCUT2D eigenvalue weighted by Crippen LogP contribution is -2.48. The first-order chi connectivity index (χ1) is 19.9. The molecule has 2 N–H and O–H groups in total. The molecule has 2 amide bonds. The molecule has 0 radical (unpaired) electrons. The van der Waals surface area contributed by atoms with E-state index in [0.717, 1.165) is 62.4 Å². The number of aromatic amines is 1. The fourth-order valence-corrected chi connectivity index (χ4v) is 7.27. The number of thiazole rings is 1. The van der Waals surface area contributed by atoms with Gasteiger partial charge in [0.15, 0.2) is 15.5 Å². The molecule has 2 aliphatic heterocycles. The Morgan fingerprint density at radius 3 is 2.61 bits per heavy atom. The summed E-state index contributed by atoms with van der Waals surface area (Å²) in [7, 11) is 0. The molecular weight excluding hydrogens is 562 g/mol. The van der Waals surface area contributed by atoms with Crippen molar-refractivity contribution in [1.82, 2.24) is 24.5 Å². The van der Waals surface area contributed by atoms with Gasteiger partial charge in [0.25, 0.3) is 17.4 Å². The molecule has 1 saturated heterocycles. The van der Waals surface area contributed by atoms with Gasteiger partial charge in [-0.3, -0.25) is 23.7 Å². The number of carbonyl (C=O) groups excluding carboxylic acids is 2. The van der Waals surface area contributed by atoms with Crippen LogP contribution in [0.3, 0.4) is 0 Å². The van der Waals surface area contributed by atoms with Crippen molar-refractivity contribution in [2.75, 3.05) is 33.0 Å². The van der Waals surface area contributed by atoms with Gasteiger partial charge in [-0.1, -0.05) is 30.2 Å². The van der Waals surface area contributed by atoms with Gasteiger partial charge in [-0.05, 0) is 61.0 Å². The zero-order valence-electron chi connectivity index (χ0n) is 22.3. The van der Waals surface area contributed by atoms with Crippen molar-refractivity contribution in [2.24, 2.45) is 0 Å². The third kappa shape index (κ3) is 4.89. The number of carbonyl (C=O) groups is 2. The van der Waals surface area contributed by atoms with Crippen LogP contribution in [0.5, 0.6) is 11.5 Å². The van der Waals surface area contributed by atoms with Crippen LogP contribution < -0.4 is 20.3 Å². The molecule has 4 heterocycles. The Bertz CT molecular complexity index is 1800. The number of amides is 2. The smallest absolute Gasteiger partial charge is 0.265 e. The van der Waals surface area contributed by atoms with Crippen LogP contribution in [0.2, 0.25) is 0 Å². The van der Waals surface area contributed by atoms with Gasteiger partial charge in [0.1, 0.15) is 10.5 Å². The Morgan fingerprint density at radius 2 is 1.80 bits per heavy atom. The lowest BCUT2D eigenvalue weighted by molar-refractivity contribution is 0.0628. The standard InChI is InChI=1S/C29H29N5O5S2/c35-26-20-7-6-18(14-21(20)34-25(31-26)24(41-29(34)40)27(36)30-19-3-1-2-4-19)28(37)33-11-9-32(10-12-33)15-17-5-8-22-23(13-17)39-16-38-22/h5-8,13-14,19H,1-4,9-12,15-16H2,(H,30,36)(H,31,35). The van der Waals surface area contributed by atoms with Crippen molar-refractivity contribution in [3.63, 3.8) is 0 Å². The highest BCUT2D eigenvalue weighted by Crippen LogP contribution is 2.33. The molecule has 2 fully saturated rings. The normalized spacial score (nSPS) is 17.5. The number of nitrogens with one attached hydrogen (secondary N) is 2.